The SMILES string of the molecule is Cc1cccc(-c2ocnc2C(=O)N2CCC(n3c(C)cnc3C3CCOCC3)C2)c1. The number of ether oxygens (including phenoxy) is 1. The molecule has 0 spiro atoms. The Morgan fingerprint density at radius 1 is 1.13 bits per heavy atom. The van der Waals surface area contributed by atoms with Gasteiger partial charge >= 0.3 is 0 Å². The standard InChI is InChI=1S/C24H28N4O3/c1-16-4-3-5-19(12-16)22-21(26-15-31-22)24(29)27-9-6-20(14-27)28-17(2)13-25-23(28)18-7-10-30-11-8-18/h3-5,12-13,15,18,20H,6-11,14H2,1-2H3. The zero-order valence-electron chi connectivity index (χ0n) is 18.1. The van der Waals surface area contributed by atoms with Gasteiger partial charge in [0, 0.05) is 49.7 Å². The van der Waals surface area contributed by atoms with E-state index in [-0.39, 0.29) is 11.9 Å². The molecule has 0 bridgehead atoms. The minimum Gasteiger partial charge on any atom is -0.443 e. The van der Waals surface area contributed by atoms with Crippen LogP contribution in [0.4, 0.5) is 0 Å². The molecule has 162 valence electrons. The molecule has 3 aromatic rings. The van der Waals surface area contributed by atoms with Crippen molar-refractivity contribution in [3.8, 4) is 11.3 Å². The largest absolute Gasteiger partial charge is 0.443 e. The van der Waals surface area contributed by atoms with Gasteiger partial charge in [-0.15, -0.1) is 0 Å². The average molecular weight is 421 g/mol. The van der Waals surface area contributed by atoms with Gasteiger partial charge in [-0.25, -0.2) is 9.97 Å². The molecule has 0 radical (unpaired) electrons. The van der Waals surface area contributed by atoms with E-state index in [0.29, 0.717) is 30.5 Å². The summed E-state index contributed by atoms with van der Waals surface area (Å²) >= 11 is 0. The van der Waals surface area contributed by atoms with Gasteiger partial charge < -0.3 is 18.6 Å². The lowest BCUT2D eigenvalue weighted by atomic mass is 9.99. The summed E-state index contributed by atoms with van der Waals surface area (Å²) in [5.74, 6) is 2.04. The van der Waals surface area contributed by atoms with E-state index in [4.69, 9.17) is 14.1 Å². The van der Waals surface area contributed by atoms with E-state index >= 15 is 0 Å². The molecule has 2 aromatic heterocycles. The first-order chi connectivity index (χ1) is 15.1. The number of hydrogen-bond donors (Lipinski definition) is 0. The van der Waals surface area contributed by atoms with Crippen LogP contribution in [0.3, 0.4) is 0 Å². The van der Waals surface area contributed by atoms with Gasteiger partial charge in [0.15, 0.2) is 17.8 Å². The maximum absolute atomic E-state index is 13.3. The van der Waals surface area contributed by atoms with Crippen molar-refractivity contribution in [3.05, 3.63) is 59.6 Å². The Morgan fingerprint density at radius 2 is 1.97 bits per heavy atom. The van der Waals surface area contributed by atoms with Crippen molar-refractivity contribution in [2.24, 2.45) is 0 Å². The predicted molar refractivity (Wildman–Crippen MR) is 116 cm³/mol. The number of aromatic nitrogens is 3. The molecule has 7 heteroatoms. The molecule has 1 unspecified atom stereocenters. The summed E-state index contributed by atoms with van der Waals surface area (Å²) in [6, 6.07) is 8.19. The van der Waals surface area contributed by atoms with Crippen LogP contribution in [-0.4, -0.2) is 51.6 Å². The maximum atomic E-state index is 13.3. The number of nitrogens with zero attached hydrogens (tertiary/aromatic N) is 4. The van der Waals surface area contributed by atoms with E-state index in [1.165, 1.54) is 6.39 Å². The van der Waals surface area contributed by atoms with Gasteiger partial charge in [0.2, 0.25) is 0 Å². The first-order valence-corrected chi connectivity index (χ1v) is 11.0. The number of likely N-dealkylation sites (tertiary alicyclic amines) is 1. The van der Waals surface area contributed by atoms with Gasteiger partial charge in [-0.1, -0.05) is 23.8 Å². The number of oxazole rings is 1. The molecule has 2 aliphatic rings. The van der Waals surface area contributed by atoms with Crippen molar-refractivity contribution in [3.63, 3.8) is 0 Å². The molecule has 2 saturated heterocycles. The molecule has 1 amide bonds. The summed E-state index contributed by atoms with van der Waals surface area (Å²) in [4.78, 5) is 24.2. The van der Waals surface area contributed by atoms with Crippen LogP contribution in [0.5, 0.6) is 0 Å². The van der Waals surface area contributed by atoms with Gasteiger partial charge in [0.05, 0.1) is 6.04 Å². The lowest BCUT2D eigenvalue weighted by molar-refractivity contribution is 0.0779. The third kappa shape index (κ3) is 3.78. The first-order valence-electron chi connectivity index (χ1n) is 11.0. The topological polar surface area (TPSA) is 73.4 Å². The Kier molecular flexibility index (Phi) is 5.36. The number of carbonyl (C=O) groups is 1. The van der Waals surface area contributed by atoms with E-state index in [1.54, 1.807) is 0 Å². The molecule has 0 N–H and O–H groups in total. The maximum Gasteiger partial charge on any atom is 0.276 e. The number of imidazole rings is 1. The fourth-order valence-corrected chi connectivity index (χ4v) is 4.87. The summed E-state index contributed by atoms with van der Waals surface area (Å²) in [7, 11) is 0. The van der Waals surface area contributed by atoms with Gasteiger partial charge in [0.1, 0.15) is 5.82 Å². The second-order valence-corrected chi connectivity index (χ2v) is 8.61. The number of aryl methyl sites for hydroxylation is 2. The Bertz CT molecular complexity index is 1080. The molecule has 2 aliphatic heterocycles. The first kappa shape index (κ1) is 20.0. The van der Waals surface area contributed by atoms with Crippen molar-refractivity contribution in [2.75, 3.05) is 26.3 Å². The Labute approximate surface area is 182 Å². The molecule has 7 nitrogen and oxygen atoms in total. The lowest BCUT2D eigenvalue weighted by Crippen LogP contribution is -2.30. The molecular weight excluding hydrogens is 392 g/mol. The van der Waals surface area contributed by atoms with E-state index < -0.39 is 0 Å². The van der Waals surface area contributed by atoms with Crippen LogP contribution in [0, 0.1) is 13.8 Å². The van der Waals surface area contributed by atoms with Gasteiger partial charge in [-0.2, -0.15) is 0 Å². The highest BCUT2D eigenvalue weighted by Gasteiger charge is 2.34. The van der Waals surface area contributed by atoms with Crippen LogP contribution in [-0.2, 0) is 4.74 Å². The second kappa shape index (κ2) is 8.30. The number of rotatable bonds is 4. The summed E-state index contributed by atoms with van der Waals surface area (Å²) in [5.41, 5.74) is 3.54. The summed E-state index contributed by atoms with van der Waals surface area (Å²) in [6.45, 7) is 7.07. The second-order valence-electron chi connectivity index (χ2n) is 8.61. The number of benzene rings is 1. The van der Waals surface area contributed by atoms with Crippen LogP contribution in [0.25, 0.3) is 11.3 Å². The quantitative estimate of drug-likeness (QED) is 0.634. The minimum absolute atomic E-state index is 0.0712. The lowest BCUT2D eigenvalue weighted by Gasteiger charge is -2.26. The average Bonchev–Trinajstić information content (AvgIpc) is 3.53. The highest BCUT2D eigenvalue weighted by molar-refractivity contribution is 5.97. The van der Waals surface area contributed by atoms with E-state index in [1.807, 2.05) is 42.3 Å². The molecule has 1 atom stereocenters. The summed E-state index contributed by atoms with van der Waals surface area (Å²) in [6.07, 6.45) is 6.25. The molecule has 0 aliphatic carbocycles. The van der Waals surface area contributed by atoms with Crippen molar-refractivity contribution in [1.82, 2.24) is 19.4 Å². The molecule has 2 fully saturated rings. The highest BCUT2D eigenvalue weighted by atomic mass is 16.5. The fraction of sp³-hybridized carbons (Fsp3) is 0.458. The van der Waals surface area contributed by atoms with Crippen molar-refractivity contribution in [2.45, 2.75) is 45.1 Å². The van der Waals surface area contributed by atoms with Crippen molar-refractivity contribution in [1.29, 1.82) is 0 Å². The molecule has 5 rings (SSSR count). The highest BCUT2D eigenvalue weighted by Crippen LogP contribution is 2.33. The van der Waals surface area contributed by atoms with E-state index in [2.05, 4.69) is 16.5 Å². The molecule has 1 aromatic carbocycles. The number of amides is 1. The predicted octanol–water partition coefficient (Wildman–Crippen LogP) is 4.14. The van der Waals surface area contributed by atoms with Crippen molar-refractivity contribution < 1.29 is 13.9 Å². The van der Waals surface area contributed by atoms with Gasteiger partial charge in [-0.05, 0) is 39.2 Å². The molecule has 4 heterocycles. The van der Waals surface area contributed by atoms with Crippen LogP contribution in [0.15, 0.2) is 41.3 Å². The van der Waals surface area contributed by atoms with Crippen LogP contribution in [0.1, 0.15) is 58.8 Å². The van der Waals surface area contributed by atoms with Crippen molar-refractivity contribution >= 4 is 5.91 Å². The normalized spacial score (nSPS) is 19.8. The minimum atomic E-state index is -0.0712. The van der Waals surface area contributed by atoms with Crippen LogP contribution in [0.2, 0.25) is 0 Å². The third-order valence-electron chi connectivity index (χ3n) is 6.46. The zero-order chi connectivity index (χ0) is 21.4. The molecular formula is C24H28N4O3. The molecule has 31 heavy (non-hydrogen) atoms. The Hall–Kier alpha value is -2.93. The van der Waals surface area contributed by atoms with E-state index in [0.717, 1.165) is 55.1 Å². The summed E-state index contributed by atoms with van der Waals surface area (Å²) < 4.78 is 13.5. The van der Waals surface area contributed by atoms with Gasteiger partial charge in [-0.3, -0.25) is 4.79 Å². The number of hydrogen-bond acceptors (Lipinski definition) is 5. The zero-order valence-corrected chi connectivity index (χ0v) is 18.1. The van der Waals surface area contributed by atoms with Crippen LogP contribution < -0.4 is 0 Å². The van der Waals surface area contributed by atoms with Crippen LogP contribution >= 0.6 is 0 Å². The number of carbonyl (C=O) groups excluding carboxylic acids is 1. The van der Waals surface area contributed by atoms with Gasteiger partial charge in [0.25, 0.3) is 5.91 Å². The Balaban J connectivity index is 1.36. The third-order valence-corrected chi connectivity index (χ3v) is 6.46. The smallest absolute Gasteiger partial charge is 0.276 e. The summed E-state index contributed by atoms with van der Waals surface area (Å²) in [5, 5.41) is 0. The molecule has 0 saturated carbocycles. The van der Waals surface area contributed by atoms with E-state index in [9.17, 15) is 4.79 Å². The fourth-order valence-electron chi connectivity index (χ4n) is 4.87. The monoisotopic (exact) mass is 420 g/mol. The Morgan fingerprint density at radius 3 is 2.77 bits per heavy atom.